The van der Waals surface area contributed by atoms with Crippen molar-refractivity contribution >= 4 is 6.03 Å². The number of rotatable bonds is 4. The lowest BCUT2D eigenvalue weighted by molar-refractivity contribution is 0.198. The van der Waals surface area contributed by atoms with Crippen LogP contribution in [0.1, 0.15) is 20.8 Å². The zero-order valence-electron chi connectivity index (χ0n) is 7.92. The summed E-state index contributed by atoms with van der Waals surface area (Å²) in [6.07, 6.45) is 0. The molecule has 2 amide bonds. The van der Waals surface area contributed by atoms with Crippen molar-refractivity contribution in [2.75, 3.05) is 13.2 Å². The van der Waals surface area contributed by atoms with Crippen LogP contribution in [-0.2, 0) is 0 Å². The van der Waals surface area contributed by atoms with E-state index in [1.165, 1.54) is 0 Å². The molecule has 72 valence electrons. The van der Waals surface area contributed by atoms with Gasteiger partial charge in [-0.05, 0) is 12.8 Å². The first kappa shape index (κ1) is 11.2. The van der Waals surface area contributed by atoms with Crippen molar-refractivity contribution in [3.05, 3.63) is 0 Å². The minimum absolute atomic E-state index is 0.0190. The van der Waals surface area contributed by atoms with Crippen LogP contribution in [0.25, 0.3) is 0 Å². The van der Waals surface area contributed by atoms with Gasteiger partial charge in [-0.3, -0.25) is 0 Å². The Kier molecular flexibility index (Phi) is 5.45. The average Bonchev–Trinajstić information content (AvgIpc) is 2.00. The summed E-state index contributed by atoms with van der Waals surface area (Å²) in [5.41, 5.74) is 0. The minimum atomic E-state index is -0.217. The van der Waals surface area contributed by atoms with E-state index in [1.54, 1.807) is 0 Å². The third-order valence-electron chi connectivity index (χ3n) is 1.66. The molecule has 0 heterocycles. The van der Waals surface area contributed by atoms with Gasteiger partial charge in [0, 0.05) is 6.54 Å². The van der Waals surface area contributed by atoms with Crippen LogP contribution in [0.2, 0.25) is 0 Å². The quantitative estimate of drug-likeness (QED) is 0.575. The summed E-state index contributed by atoms with van der Waals surface area (Å²) in [5.74, 6) is 0.248. The van der Waals surface area contributed by atoms with Crippen molar-refractivity contribution in [2.45, 2.75) is 26.8 Å². The molecular formula is C8H18N2O2. The van der Waals surface area contributed by atoms with E-state index in [0.29, 0.717) is 6.54 Å². The van der Waals surface area contributed by atoms with E-state index in [-0.39, 0.29) is 24.6 Å². The van der Waals surface area contributed by atoms with E-state index in [0.717, 1.165) is 0 Å². The molecule has 0 aromatic carbocycles. The van der Waals surface area contributed by atoms with Gasteiger partial charge in [-0.25, -0.2) is 4.79 Å². The van der Waals surface area contributed by atoms with E-state index in [9.17, 15) is 4.79 Å². The molecular weight excluding hydrogens is 156 g/mol. The molecule has 0 aliphatic rings. The first-order chi connectivity index (χ1) is 5.61. The van der Waals surface area contributed by atoms with Gasteiger partial charge in [-0.2, -0.15) is 0 Å². The van der Waals surface area contributed by atoms with Gasteiger partial charge in [0.05, 0.1) is 12.6 Å². The summed E-state index contributed by atoms with van der Waals surface area (Å²) in [4.78, 5) is 11.0. The summed E-state index contributed by atoms with van der Waals surface area (Å²) in [6.45, 7) is 6.33. The van der Waals surface area contributed by atoms with Crippen LogP contribution in [0.4, 0.5) is 4.79 Å². The van der Waals surface area contributed by atoms with Crippen LogP contribution in [0, 0.1) is 5.92 Å². The Hall–Kier alpha value is -0.770. The molecule has 0 aliphatic carbocycles. The van der Waals surface area contributed by atoms with Crippen molar-refractivity contribution in [1.82, 2.24) is 10.6 Å². The lowest BCUT2D eigenvalue weighted by Crippen LogP contribution is -2.46. The molecule has 0 saturated heterocycles. The SMILES string of the molecule is CCNC(=O)N[C@H](CO)C(C)C. The highest BCUT2D eigenvalue weighted by Crippen LogP contribution is 1.99. The third kappa shape index (κ3) is 4.18. The Morgan fingerprint density at radius 1 is 1.50 bits per heavy atom. The highest BCUT2D eigenvalue weighted by Gasteiger charge is 2.13. The van der Waals surface area contributed by atoms with Gasteiger partial charge < -0.3 is 15.7 Å². The van der Waals surface area contributed by atoms with E-state index >= 15 is 0 Å². The molecule has 0 aliphatic heterocycles. The summed E-state index contributed by atoms with van der Waals surface area (Å²) in [7, 11) is 0. The molecule has 12 heavy (non-hydrogen) atoms. The molecule has 0 bridgehead atoms. The predicted molar refractivity (Wildman–Crippen MR) is 47.9 cm³/mol. The second-order valence-electron chi connectivity index (χ2n) is 3.04. The van der Waals surface area contributed by atoms with Crippen LogP contribution in [0.15, 0.2) is 0 Å². The fourth-order valence-electron chi connectivity index (χ4n) is 0.803. The predicted octanol–water partition coefficient (Wildman–Crippen LogP) is 0.322. The second kappa shape index (κ2) is 5.83. The number of carbonyl (C=O) groups is 1. The van der Waals surface area contributed by atoms with E-state index in [2.05, 4.69) is 10.6 Å². The molecule has 3 N–H and O–H groups in total. The molecule has 0 spiro atoms. The molecule has 0 aromatic rings. The number of nitrogens with one attached hydrogen (secondary N) is 2. The second-order valence-corrected chi connectivity index (χ2v) is 3.04. The lowest BCUT2D eigenvalue weighted by Gasteiger charge is -2.19. The highest BCUT2D eigenvalue weighted by atomic mass is 16.3. The number of carbonyl (C=O) groups excluding carboxylic acids is 1. The summed E-state index contributed by atoms with van der Waals surface area (Å²) in [6, 6.07) is -0.373. The first-order valence-electron chi connectivity index (χ1n) is 4.27. The molecule has 0 aromatic heterocycles. The van der Waals surface area contributed by atoms with Crippen LogP contribution >= 0.6 is 0 Å². The molecule has 0 radical (unpaired) electrons. The van der Waals surface area contributed by atoms with Gasteiger partial charge in [0.1, 0.15) is 0 Å². The van der Waals surface area contributed by atoms with E-state index in [1.807, 2.05) is 20.8 Å². The molecule has 0 fully saturated rings. The van der Waals surface area contributed by atoms with Crippen LogP contribution in [-0.4, -0.2) is 30.3 Å². The molecule has 4 heteroatoms. The zero-order valence-corrected chi connectivity index (χ0v) is 7.92. The number of hydrogen-bond donors (Lipinski definition) is 3. The maximum absolute atomic E-state index is 11.0. The fourth-order valence-corrected chi connectivity index (χ4v) is 0.803. The molecule has 0 unspecified atom stereocenters. The van der Waals surface area contributed by atoms with E-state index < -0.39 is 0 Å². The molecule has 0 rings (SSSR count). The molecule has 4 nitrogen and oxygen atoms in total. The van der Waals surface area contributed by atoms with Crippen LogP contribution in [0.3, 0.4) is 0 Å². The van der Waals surface area contributed by atoms with Crippen molar-refractivity contribution in [1.29, 1.82) is 0 Å². The van der Waals surface area contributed by atoms with E-state index in [4.69, 9.17) is 5.11 Å². The third-order valence-corrected chi connectivity index (χ3v) is 1.66. The zero-order chi connectivity index (χ0) is 9.56. The fraction of sp³-hybridized carbons (Fsp3) is 0.875. The lowest BCUT2D eigenvalue weighted by atomic mass is 10.1. The van der Waals surface area contributed by atoms with Crippen molar-refractivity contribution in [3.63, 3.8) is 0 Å². The van der Waals surface area contributed by atoms with Gasteiger partial charge in [0.2, 0.25) is 0 Å². The Morgan fingerprint density at radius 2 is 2.08 bits per heavy atom. The van der Waals surface area contributed by atoms with Gasteiger partial charge in [0.25, 0.3) is 0 Å². The number of aliphatic hydroxyl groups excluding tert-OH is 1. The van der Waals surface area contributed by atoms with Gasteiger partial charge in [0.15, 0.2) is 0 Å². The Balaban J connectivity index is 3.77. The maximum Gasteiger partial charge on any atom is 0.315 e. The maximum atomic E-state index is 11.0. The van der Waals surface area contributed by atoms with Crippen molar-refractivity contribution < 1.29 is 9.90 Å². The highest BCUT2D eigenvalue weighted by molar-refractivity contribution is 5.74. The Morgan fingerprint density at radius 3 is 2.42 bits per heavy atom. The smallest absolute Gasteiger partial charge is 0.315 e. The van der Waals surface area contributed by atoms with Gasteiger partial charge in [-0.15, -0.1) is 0 Å². The normalized spacial score (nSPS) is 12.8. The van der Waals surface area contributed by atoms with Crippen LogP contribution in [0.5, 0.6) is 0 Å². The average molecular weight is 174 g/mol. The number of aliphatic hydroxyl groups is 1. The number of hydrogen-bond acceptors (Lipinski definition) is 2. The topological polar surface area (TPSA) is 61.4 Å². The summed E-state index contributed by atoms with van der Waals surface area (Å²) >= 11 is 0. The number of amides is 2. The van der Waals surface area contributed by atoms with Gasteiger partial charge in [-0.1, -0.05) is 13.8 Å². The largest absolute Gasteiger partial charge is 0.394 e. The Bertz CT molecular complexity index is 137. The van der Waals surface area contributed by atoms with Crippen LogP contribution < -0.4 is 10.6 Å². The Labute approximate surface area is 73.3 Å². The van der Waals surface area contributed by atoms with Crippen molar-refractivity contribution in [2.24, 2.45) is 5.92 Å². The first-order valence-corrected chi connectivity index (χ1v) is 4.27. The standard InChI is InChI=1S/C8H18N2O2/c1-4-9-8(12)10-7(5-11)6(2)3/h6-7,11H,4-5H2,1-3H3,(H2,9,10,12)/t7-/m1/s1. The molecule has 1 atom stereocenters. The molecule has 0 saturated carbocycles. The van der Waals surface area contributed by atoms with Crippen molar-refractivity contribution in [3.8, 4) is 0 Å². The van der Waals surface area contributed by atoms with Gasteiger partial charge >= 0.3 is 6.03 Å². The summed E-state index contributed by atoms with van der Waals surface area (Å²) in [5, 5.41) is 14.1. The summed E-state index contributed by atoms with van der Waals surface area (Å²) < 4.78 is 0. The minimum Gasteiger partial charge on any atom is -0.394 e. The number of urea groups is 1. The monoisotopic (exact) mass is 174 g/mol.